The lowest BCUT2D eigenvalue weighted by Gasteiger charge is -2.09. The quantitative estimate of drug-likeness (QED) is 0.294. The van der Waals surface area contributed by atoms with Gasteiger partial charge in [0.1, 0.15) is 23.9 Å². The number of amides is 1. The number of ether oxygens (including phenoxy) is 2. The van der Waals surface area contributed by atoms with Crippen molar-refractivity contribution in [3.63, 3.8) is 0 Å². The Morgan fingerprint density at radius 1 is 1.18 bits per heavy atom. The molecular formula is C23H17ClF2N2O4S. The maximum Gasteiger partial charge on any atom is 0.387 e. The first-order chi connectivity index (χ1) is 15.9. The van der Waals surface area contributed by atoms with E-state index in [9.17, 15) is 13.6 Å². The molecule has 4 rings (SSSR count). The third-order valence-electron chi connectivity index (χ3n) is 4.51. The largest absolute Gasteiger partial charge is 0.484 e. The molecule has 0 radical (unpaired) electrons. The van der Waals surface area contributed by atoms with E-state index in [1.165, 1.54) is 23.5 Å². The number of alkyl halides is 2. The van der Waals surface area contributed by atoms with Gasteiger partial charge in [-0.2, -0.15) is 8.78 Å². The number of anilines is 1. The molecule has 6 nitrogen and oxygen atoms in total. The van der Waals surface area contributed by atoms with E-state index in [1.807, 2.05) is 19.1 Å². The second-order valence-corrected chi connectivity index (χ2v) is 8.10. The van der Waals surface area contributed by atoms with Crippen molar-refractivity contribution in [3.05, 3.63) is 82.1 Å². The molecule has 33 heavy (non-hydrogen) atoms. The van der Waals surface area contributed by atoms with E-state index >= 15 is 0 Å². The Morgan fingerprint density at radius 3 is 2.70 bits per heavy atom. The highest BCUT2D eigenvalue weighted by atomic mass is 35.5. The first-order valence-electron chi connectivity index (χ1n) is 9.68. The van der Waals surface area contributed by atoms with Gasteiger partial charge in [0.25, 0.3) is 5.91 Å². The predicted octanol–water partition coefficient (Wildman–Crippen LogP) is 6.80. The van der Waals surface area contributed by atoms with Gasteiger partial charge < -0.3 is 13.9 Å². The molecule has 0 aliphatic carbocycles. The Balaban J connectivity index is 1.36. The topological polar surface area (TPSA) is 73.6 Å². The second kappa shape index (κ2) is 10.0. The second-order valence-electron chi connectivity index (χ2n) is 6.84. The molecule has 2 heterocycles. The Bertz CT molecular complexity index is 1240. The fourth-order valence-corrected chi connectivity index (χ4v) is 3.94. The van der Waals surface area contributed by atoms with Gasteiger partial charge in [0.2, 0.25) is 0 Å². The number of hydrogen-bond acceptors (Lipinski definition) is 6. The molecule has 1 amide bonds. The summed E-state index contributed by atoms with van der Waals surface area (Å²) in [5, 5.41) is 5.28. The highest BCUT2D eigenvalue weighted by Gasteiger charge is 2.15. The average Bonchev–Trinajstić information content (AvgIpc) is 3.43. The number of nitrogens with one attached hydrogen (secondary N) is 1. The number of nitrogens with zero attached hydrogens (tertiary/aromatic N) is 1. The van der Waals surface area contributed by atoms with Gasteiger partial charge >= 0.3 is 6.61 Å². The summed E-state index contributed by atoms with van der Waals surface area (Å²) in [6.45, 7) is -0.883. The van der Waals surface area contributed by atoms with Gasteiger partial charge in [0.05, 0.1) is 10.7 Å². The van der Waals surface area contributed by atoms with Crippen LogP contribution in [0.4, 0.5) is 13.9 Å². The molecule has 0 bridgehead atoms. The number of hydrogen-bond donors (Lipinski definition) is 1. The van der Waals surface area contributed by atoms with Crippen LogP contribution < -0.4 is 14.8 Å². The van der Waals surface area contributed by atoms with Gasteiger partial charge in [-0.3, -0.25) is 10.1 Å². The molecule has 170 valence electrons. The minimum atomic E-state index is -2.88. The molecule has 0 aliphatic rings. The van der Waals surface area contributed by atoms with E-state index in [0.717, 1.165) is 5.56 Å². The minimum absolute atomic E-state index is 0.0554. The summed E-state index contributed by atoms with van der Waals surface area (Å²) >= 11 is 7.38. The Labute approximate surface area is 196 Å². The van der Waals surface area contributed by atoms with Crippen molar-refractivity contribution in [2.45, 2.75) is 20.1 Å². The zero-order chi connectivity index (χ0) is 23.4. The normalized spacial score (nSPS) is 10.9. The van der Waals surface area contributed by atoms with Crippen LogP contribution in [0.15, 0.2) is 64.4 Å². The maximum absolute atomic E-state index is 12.5. The molecule has 0 atom stereocenters. The minimum Gasteiger partial charge on any atom is -0.484 e. The zero-order valence-corrected chi connectivity index (χ0v) is 18.8. The number of aromatic nitrogens is 1. The highest BCUT2D eigenvalue weighted by Crippen LogP contribution is 2.29. The van der Waals surface area contributed by atoms with Crippen LogP contribution in [-0.4, -0.2) is 17.5 Å². The van der Waals surface area contributed by atoms with Crippen molar-refractivity contribution in [1.82, 2.24) is 4.98 Å². The summed E-state index contributed by atoms with van der Waals surface area (Å²) in [6, 6.07) is 14.7. The van der Waals surface area contributed by atoms with Crippen LogP contribution in [0.3, 0.4) is 0 Å². The fraction of sp³-hybridized carbons (Fsp3) is 0.130. The zero-order valence-electron chi connectivity index (χ0n) is 17.2. The highest BCUT2D eigenvalue weighted by molar-refractivity contribution is 7.14. The number of halogens is 3. The van der Waals surface area contributed by atoms with Crippen molar-refractivity contribution in [3.8, 4) is 22.8 Å². The number of aryl methyl sites for hydroxylation is 1. The van der Waals surface area contributed by atoms with Crippen LogP contribution in [0.1, 0.15) is 21.9 Å². The molecule has 10 heteroatoms. The summed E-state index contributed by atoms with van der Waals surface area (Å²) in [7, 11) is 0. The van der Waals surface area contributed by atoms with Crippen molar-refractivity contribution in [1.29, 1.82) is 0 Å². The number of carbonyl (C=O) groups excluding carboxylic acids is 1. The van der Waals surface area contributed by atoms with Crippen LogP contribution in [0.2, 0.25) is 5.02 Å². The molecule has 2 aromatic carbocycles. The summed E-state index contributed by atoms with van der Waals surface area (Å²) in [4.78, 5) is 16.9. The molecule has 0 aliphatic heterocycles. The van der Waals surface area contributed by atoms with Crippen LogP contribution >= 0.6 is 22.9 Å². The lowest BCUT2D eigenvalue weighted by atomic mass is 10.2. The molecule has 1 N–H and O–H groups in total. The molecule has 4 aromatic rings. The van der Waals surface area contributed by atoms with Crippen molar-refractivity contribution < 1.29 is 27.5 Å². The maximum atomic E-state index is 12.5. The Morgan fingerprint density at radius 2 is 1.97 bits per heavy atom. The predicted molar refractivity (Wildman–Crippen MR) is 121 cm³/mol. The van der Waals surface area contributed by atoms with Gasteiger partial charge in [-0.25, -0.2) is 4.98 Å². The van der Waals surface area contributed by atoms with Crippen molar-refractivity contribution in [2.24, 2.45) is 0 Å². The Kier molecular flexibility index (Phi) is 6.90. The van der Waals surface area contributed by atoms with Gasteiger partial charge in [-0.05, 0) is 55.0 Å². The van der Waals surface area contributed by atoms with Crippen LogP contribution in [0.25, 0.3) is 11.3 Å². The number of thiazole rings is 1. The number of para-hydroxylation sites is 1. The van der Waals surface area contributed by atoms with E-state index in [4.69, 9.17) is 20.8 Å². The van der Waals surface area contributed by atoms with E-state index < -0.39 is 12.5 Å². The molecule has 0 fully saturated rings. The summed E-state index contributed by atoms with van der Waals surface area (Å²) in [5.74, 6) is 0.724. The SMILES string of the molecule is Cc1cccc(Cl)c1OCc1ccc(C(=O)Nc2nc(-c3ccc(OC(F)F)cc3)cs2)o1. The summed E-state index contributed by atoms with van der Waals surface area (Å²) < 4.78 is 40.2. The van der Waals surface area contributed by atoms with E-state index in [0.29, 0.717) is 32.9 Å². The average molecular weight is 491 g/mol. The number of carbonyl (C=O) groups is 1. The third kappa shape index (κ3) is 5.68. The molecule has 0 saturated heterocycles. The van der Waals surface area contributed by atoms with Crippen LogP contribution in [0.5, 0.6) is 11.5 Å². The third-order valence-corrected chi connectivity index (χ3v) is 5.56. The van der Waals surface area contributed by atoms with Gasteiger partial charge in [0, 0.05) is 10.9 Å². The van der Waals surface area contributed by atoms with Crippen LogP contribution in [-0.2, 0) is 6.61 Å². The lowest BCUT2D eigenvalue weighted by molar-refractivity contribution is -0.0498. The standard InChI is InChI=1S/C23H17ClF2N2O4S/c1-13-3-2-4-17(24)20(13)30-11-16-9-10-19(31-16)21(29)28-23-27-18(12-33-23)14-5-7-15(8-6-14)32-22(25)26/h2-10,12,22H,11H2,1H3,(H,27,28,29). The smallest absolute Gasteiger partial charge is 0.387 e. The van der Waals surface area contributed by atoms with Gasteiger partial charge in [-0.1, -0.05) is 23.7 Å². The van der Waals surface area contributed by atoms with E-state index in [2.05, 4.69) is 15.0 Å². The van der Waals surface area contributed by atoms with Crippen LogP contribution in [0, 0.1) is 6.92 Å². The van der Waals surface area contributed by atoms with Crippen molar-refractivity contribution >= 4 is 34.0 Å². The summed E-state index contributed by atoms with van der Waals surface area (Å²) in [5.41, 5.74) is 2.17. The molecule has 2 aromatic heterocycles. The first kappa shape index (κ1) is 22.8. The summed E-state index contributed by atoms with van der Waals surface area (Å²) in [6.07, 6.45) is 0. The monoisotopic (exact) mass is 490 g/mol. The van der Waals surface area contributed by atoms with E-state index in [1.54, 1.807) is 35.7 Å². The number of furan rings is 1. The molecule has 0 spiro atoms. The molecular weight excluding hydrogens is 474 g/mol. The van der Waals surface area contributed by atoms with Crippen molar-refractivity contribution in [2.75, 3.05) is 5.32 Å². The fourth-order valence-electron chi connectivity index (χ4n) is 2.95. The number of rotatable bonds is 8. The Hall–Kier alpha value is -3.43. The first-order valence-corrected chi connectivity index (χ1v) is 10.9. The molecule has 0 saturated carbocycles. The van der Waals surface area contributed by atoms with Gasteiger partial charge in [0.15, 0.2) is 10.9 Å². The lowest BCUT2D eigenvalue weighted by Crippen LogP contribution is -2.10. The van der Waals surface area contributed by atoms with E-state index in [-0.39, 0.29) is 18.1 Å². The van der Waals surface area contributed by atoms with Gasteiger partial charge in [-0.15, -0.1) is 11.3 Å². The molecule has 0 unspecified atom stereocenters. The number of benzene rings is 2.